The summed E-state index contributed by atoms with van der Waals surface area (Å²) in [6.07, 6.45) is 4.78. The Morgan fingerprint density at radius 2 is 1.00 bits per heavy atom. The maximum Gasteiger partial charge on any atom is 0.294 e. The Morgan fingerprint density at radius 1 is 0.627 bits per heavy atom. The minimum Gasteiger partial charge on any atom is -0.399 e. The number of ether oxygens (including phenoxy) is 2. The van der Waals surface area contributed by atoms with E-state index in [4.69, 9.17) is 50.0 Å². The first kappa shape index (κ1) is 51.0. The number of Topliss-reactive ketones (excluding diaryl/α,β-unsaturated/α-hetero) is 2. The summed E-state index contributed by atoms with van der Waals surface area (Å²) in [5.41, 5.74) is 4.55. The number of anilines is 2. The quantitative estimate of drug-likeness (QED) is 0.0326. The van der Waals surface area contributed by atoms with Gasteiger partial charge in [-0.3, -0.25) is 28.8 Å². The number of halogens is 9. The summed E-state index contributed by atoms with van der Waals surface area (Å²) in [5, 5.41) is 6.87. The van der Waals surface area contributed by atoms with Gasteiger partial charge in [-0.25, -0.2) is 26.3 Å². The molecule has 4 aliphatic rings. The van der Waals surface area contributed by atoms with Crippen LogP contribution in [0.5, 0.6) is 0 Å². The van der Waals surface area contributed by atoms with Gasteiger partial charge < -0.3 is 40.3 Å². The Morgan fingerprint density at radius 3 is 1.40 bits per heavy atom. The first-order valence-electron chi connectivity index (χ1n) is 20.8. The summed E-state index contributed by atoms with van der Waals surface area (Å²) in [7, 11) is 0. The van der Waals surface area contributed by atoms with E-state index in [1.807, 2.05) is 13.8 Å². The number of nitrogens with two attached hydrogens (primary N) is 1. The van der Waals surface area contributed by atoms with Gasteiger partial charge in [0.1, 0.15) is 11.4 Å². The third-order valence-corrected chi connectivity index (χ3v) is 12.7. The summed E-state index contributed by atoms with van der Waals surface area (Å²) < 4.78 is 90.4. The molecule has 14 nitrogen and oxygen atoms in total. The predicted molar refractivity (Wildman–Crippen MR) is 233 cm³/mol. The third kappa shape index (κ3) is 11.1. The molecule has 0 unspecified atom stereocenters. The first-order chi connectivity index (χ1) is 31.6. The fourth-order valence-electron chi connectivity index (χ4n) is 8.13. The maximum atomic E-state index is 13.5. The van der Waals surface area contributed by atoms with Crippen LogP contribution in [0.15, 0.2) is 24.3 Å². The van der Waals surface area contributed by atoms with Gasteiger partial charge in [0.2, 0.25) is 0 Å². The Balaban J connectivity index is 0.000000189. The molecule has 360 valence electrons. The molecule has 6 heterocycles. The third-order valence-electron chi connectivity index (χ3n) is 11.8. The van der Waals surface area contributed by atoms with Gasteiger partial charge in [-0.2, -0.15) is 0 Å². The van der Waals surface area contributed by atoms with Gasteiger partial charge in [0.05, 0.1) is 21.2 Å². The molecular weight excluding hydrogens is 961 g/mol. The summed E-state index contributed by atoms with van der Waals surface area (Å²) in [6, 6.07) is 2.71. The van der Waals surface area contributed by atoms with E-state index in [2.05, 4.69) is 16.0 Å². The topological polar surface area (TPSA) is 193 Å². The number of ketones is 2. The van der Waals surface area contributed by atoms with Crippen molar-refractivity contribution < 1.29 is 64.6 Å². The second kappa shape index (κ2) is 20.8. The van der Waals surface area contributed by atoms with Crippen LogP contribution in [0.3, 0.4) is 0 Å². The van der Waals surface area contributed by atoms with Crippen molar-refractivity contribution >= 4 is 80.7 Å². The Labute approximate surface area is 393 Å². The van der Waals surface area contributed by atoms with Crippen molar-refractivity contribution in [2.24, 2.45) is 0 Å². The molecule has 4 aliphatic heterocycles. The molecule has 0 radical (unpaired) electrons. The van der Waals surface area contributed by atoms with Crippen molar-refractivity contribution in [1.29, 1.82) is 0 Å². The number of amides is 3. The van der Waals surface area contributed by atoms with Gasteiger partial charge in [-0.1, -0.05) is 23.2 Å². The zero-order valence-corrected chi connectivity index (χ0v) is 38.1. The zero-order chi connectivity index (χ0) is 49.1. The Hall–Kier alpha value is -5.41. The highest BCUT2D eigenvalue weighted by Gasteiger charge is 2.39. The van der Waals surface area contributed by atoms with E-state index >= 15 is 0 Å². The van der Waals surface area contributed by atoms with Crippen molar-refractivity contribution in [3.8, 4) is 0 Å². The number of carbonyl (C=O) groups excluding carboxylic acids is 6. The number of nitrogens with zero attached hydrogens (tertiary/aromatic N) is 2. The van der Waals surface area contributed by atoms with Crippen molar-refractivity contribution in [2.75, 3.05) is 37.5 Å². The molecule has 0 saturated carbocycles. The van der Waals surface area contributed by atoms with Crippen molar-refractivity contribution in [3.05, 3.63) is 103 Å². The molecule has 0 aliphatic carbocycles. The van der Waals surface area contributed by atoms with Crippen LogP contribution in [0, 0.1) is 34.9 Å². The molecular formula is C44H43Cl3F6N6O8. The number of nitrogen functional groups attached to an aromatic ring is 1. The number of carbonyl (C=O) groups is 6. The van der Waals surface area contributed by atoms with E-state index in [1.165, 1.54) is 4.57 Å². The van der Waals surface area contributed by atoms with E-state index in [0.29, 0.717) is 108 Å². The Bertz CT molecular complexity index is 2620. The molecule has 23 heteroatoms. The second-order valence-corrected chi connectivity index (χ2v) is 17.8. The normalized spacial score (nSPS) is 16.6. The van der Waals surface area contributed by atoms with E-state index in [0.717, 1.165) is 18.6 Å². The fraction of sp³-hybridized carbons (Fsp3) is 0.409. The minimum absolute atomic E-state index is 0.0259. The van der Waals surface area contributed by atoms with Crippen LogP contribution in [0.25, 0.3) is 0 Å². The zero-order valence-electron chi connectivity index (χ0n) is 35.8. The predicted octanol–water partition coefficient (Wildman–Crippen LogP) is 7.65. The molecule has 2 saturated heterocycles. The summed E-state index contributed by atoms with van der Waals surface area (Å²) in [4.78, 5) is 75.5. The van der Waals surface area contributed by atoms with Crippen LogP contribution in [0.4, 0.5) is 37.7 Å². The second-order valence-electron chi connectivity index (χ2n) is 16.7. The highest BCUT2D eigenvalue weighted by Crippen LogP contribution is 2.36. The molecule has 2 aromatic carbocycles. The number of hydrogen-bond donors (Lipinski definition) is 4. The van der Waals surface area contributed by atoms with E-state index in [9.17, 15) is 55.1 Å². The monoisotopic (exact) mass is 1000 g/mol. The lowest BCUT2D eigenvalue weighted by molar-refractivity contribution is -0.120. The first-order valence-corrected chi connectivity index (χ1v) is 22.0. The van der Waals surface area contributed by atoms with E-state index in [-0.39, 0.29) is 43.9 Å². The lowest BCUT2D eigenvalue weighted by Gasteiger charge is -2.34. The average molecular weight is 1000 g/mol. The van der Waals surface area contributed by atoms with Crippen LogP contribution in [0.1, 0.15) is 105 Å². The molecule has 2 aromatic heterocycles. The highest BCUT2D eigenvalue weighted by molar-refractivity contribution is 6.69. The average Bonchev–Trinajstić information content (AvgIpc) is 4.03. The van der Waals surface area contributed by atoms with Crippen molar-refractivity contribution in [2.45, 2.75) is 89.4 Å². The molecule has 4 aromatic rings. The fourth-order valence-corrected chi connectivity index (χ4v) is 9.15. The van der Waals surface area contributed by atoms with Crippen LogP contribution in [0.2, 0.25) is 10.0 Å². The molecule has 5 N–H and O–H groups in total. The number of hydrogen-bond acceptors (Lipinski definition) is 9. The number of rotatable bonds is 9. The number of nitrogens with one attached hydrogen (secondary N) is 3. The highest BCUT2D eigenvalue weighted by atomic mass is 35.5. The van der Waals surface area contributed by atoms with Gasteiger partial charge >= 0.3 is 0 Å². The molecule has 8 rings (SSSR count). The minimum atomic E-state index is -1.66. The van der Waals surface area contributed by atoms with Gasteiger partial charge in [-0.15, -0.1) is 0 Å². The van der Waals surface area contributed by atoms with E-state index < -0.39 is 80.5 Å². The van der Waals surface area contributed by atoms with E-state index in [1.54, 1.807) is 4.57 Å². The summed E-state index contributed by atoms with van der Waals surface area (Å²) >= 11 is 18.2. The van der Waals surface area contributed by atoms with Crippen molar-refractivity contribution in [3.63, 3.8) is 0 Å². The maximum absolute atomic E-state index is 13.5. The van der Waals surface area contributed by atoms with Gasteiger partial charge in [0.25, 0.3) is 34.5 Å². The summed E-state index contributed by atoms with van der Waals surface area (Å²) in [6.45, 7) is 6.63. The van der Waals surface area contributed by atoms with Gasteiger partial charge in [0.15, 0.2) is 34.9 Å². The number of benzene rings is 2. The SMILES string of the molecule is CC1(NC(=O)C(=O)c2c(Cl)c(C(=O)Cl)c3n2CCC3)CCOCC1.CC1(NC(=O)C(=O)c2c(Cl)c(C(=O)Nc3cc(F)c(F)c(F)c3)c3n2CCC3)CCOCC1.Nc1cc(F)c(F)c(F)c1. The standard InChI is InChI=1S/C22H21ClF3N3O4.C16H18Cl2N2O4.C6H4F3N/c1-22(4-7-33-8-5-22)28-21(32)19(30)18-16(23)15(14-3-2-6-29(14)18)20(31)27-11-9-12(24)17(26)13(25)10-11;1-16(4-7-24-8-5-16)19-15(23)13(21)12-11(17)10(14(18)22)9-3-2-6-20(9)12;7-4-1-3(10)2-5(8)6(4)9/h9-10H,2-8H2,1H3,(H,27,31)(H,28,32);2-8H2,1H3,(H,19,23);1-2H,10H2. The van der Waals surface area contributed by atoms with Crippen LogP contribution >= 0.6 is 34.8 Å². The van der Waals surface area contributed by atoms with Crippen LogP contribution in [-0.4, -0.2) is 81.2 Å². The molecule has 0 atom stereocenters. The molecule has 0 spiro atoms. The molecule has 0 bridgehead atoms. The van der Waals surface area contributed by atoms with Gasteiger partial charge in [0, 0.05) is 97.6 Å². The molecule has 67 heavy (non-hydrogen) atoms. The number of fused-ring (bicyclic) bond motifs is 2. The number of aromatic nitrogens is 2. The van der Waals surface area contributed by atoms with Crippen LogP contribution < -0.4 is 21.7 Å². The lowest BCUT2D eigenvalue weighted by Crippen LogP contribution is -2.51. The Kier molecular flexibility index (Phi) is 15.9. The van der Waals surface area contributed by atoms with Gasteiger partial charge in [-0.05, 0) is 76.8 Å². The lowest BCUT2D eigenvalue weighted by atomic mass is 9.92. The molecule has 2 fully saturated rings. The smallest absolute Gasteiger partial charge is 0.294 e. The van der Waals surface area contributed by atoms with Crippen LogP contribution in [-0.2, 0) is 45.0 Å². The molecule has 3 amide bonds. The summed E-state index contributed by atoms with van der Waals surface area (Å²) in [5.74, 6) is -12.6. The van der Waals surface area contributed by atoms with Crippen molar-refractivity contribution in [1.82, 2.24) is 19.8 Å². The largest absolute Gasteiger partial charge is 0.399 e.